The van der Waals surface area contributed by atoms with E-state index < -0.39 is 27.0 Å². The predicted octanol–water partition coefficient (Wildman–Crippen LogP) is 1.56. The normalized spacial score (nSPS) is 10.4. The number of benzene rings is 1. The number of rotatable bonds is 5. The zero-order valence-electron chi connectivity index (χ0n) is 13.3. The maximum Gasteiger partial charge on any atom is 0.337 e. The predicted molar refractivity (Wildman–Crippen MR) is 88.0 cm³/mol. The van der Waals surface area contributed by atoms with Crippen LogP contribution in [0.15, 0.2) is 23.1 Å². The maximum absolute atomic E-state index is 11.3. The molecule has 1 unspecified atom stereocenters. The molecule has 7 nitrogen and oxygen atoms in total. The monoisotopic (exact) mass is 364 g/mol. The summed E-state index contributed by atoms with van der Waals surface area (Å²) in [6.07, 6.45) is 4.12. The van der Waals surface area contributed by atoms with Gasteiger partial charge in [-0.15, -0.1) is 0 Å². The summed E-state index contributed by atoms with van der Waals surface area (Å²) < 4.78 is 41.5. The van der Waals surface area contributed by atoms with Crippen molar-refractivity contribution in [3.63, 3.8) is 0 Å². The molecule has 1 rings (SSSR count). The lowest BCUT2D eigenvalue weighted by Gasteiger charge is -2.10. The molecule has 1 aromatic rings. The van der Waals surface area contributed by atoms with Crippen LogP contribution in [0.5, 0.6) is 0 Å². The van der Waals surface area contributed by atoms with Crippen LogP contribution in [0.3, 0.4) is 0 Å². The van der Waals surface area contributed by atoms with E-state index in [1.807, 2.05) is 9.24 Å². The van der Waals surface area contributed by atoms with Crippen LogP contribution in [-0.2, 0) is 19.6 Å². The fraction of sp³-hybridized carbons (Fsp3) is 0.429. The van der Waals surface area contributed by atoms with Gasteiger partial charge in [0.05, 0.1) is 36.4 Å². The Morgan fingerprint density at radius 1 is 1.09 bits per heavy atom. The highest BCUT2D eigenvalue weighted by Gasteiger charge is 2.16. The van der Waals surface area contributed by atoms with Crippen molar-refractivity contribution in [2.24, 2.45) is 0 Å². The zero-order valence-corrected chi connectivity index (χ0v) is 15.6. The molecule has 1 aromatic carbocycles. The van der Waals surface area contributed by atoms with Gasteiger partial charge in [-0.3, -0.25) is 0 Å². The van der Waals surface area contributed by atoms with Crippen LogP contribution in [-0.4, -0.2) is 45.3 Å². The van der Waals surface area contributed by atoms with Crippen LogP contribution in [0, 0.1) is 0 Å². The van der Waals surface area contributed by atoms with E-state index in [0.29, 0.717) is 0 Å². The van der Waals surface area contributed by atoms with Crippen molar-refractivity contribution in [3.05, 3.63) is 29.3 Å². The van der Waals surface area contributed by atoms with E-state index in [9.17, 15) is 22.6 Å². The van der Waals surface area contributed by atoms with Crippen LogP contribution in [0.25, 0.3) is 0 Å². The number of carbonyl (C=O) groups is 2. The molecule has 0 aliphatic heterocycles. The summed E-state index contributed by atoms with van der Waals surface area (Å²) >= 11 is 0. The Morgan fingerprint density at radius 2 is 1.52 bits per heavy atom. The third kappa shape index (κ3) is 7.54. The van der Waals surface area contributed by atoms with Crippen LogP contribution in [0.1, 0.15) is 40.5 Å². The largest absolute Gasteiger partial charge is 0.744 e. The Bertz CT molecular complexity index is 604. The maximum atomic E-state index is 11.3. The van der Waals surface area contributed by atoms with Gasteiger partial charge in [0.25, 0.3) is 0 Å². The Labute approximate surface area is 138 Å². The Kier molecular flexibility index (Phi) is 9.64. The smallest absolute Gasteiger partial charge is 0.337 e. The van der Waals surface area contributed by atoms with Gasteiger partial charge in [0.2, 0.25) is 0 Å². The minimum atomic E-state index is -4.80. The van der Waals surface area contributed by atoms with E-state index in [4.69, 9.17) is 0 Å². The first-order valence-electron chi connectivity index (χ1n) is 6.78. The van der Waals surface area contributed by atoms with Crippen molar-refractivity contribution in [2.45, 2.75) is 24.7 Å². The van der Waals surface area contributed by atoms with Crippen LogP contribution in [0.2, 0.25) is 0 Å². The highest BCUT2D eigenvalue weighted by molar-refractivity contribution is 7.85. The van der Waals surface area contributed by atoms with Crippen molar-refractivity contribution in [3.8, 4) is 0 Å². The van der Waals surface area contributed by atoms with Crippen molar-refractivity contribution in [2.75, 3.05) is 20.4 Å². The Morgan fingerprint density at radius 3 is 1.74 bits per heavy atom. The molecule has 0 aromatic heterocycles. The SMILES string of the molecule is CCCC[PH3+].COC(=O)c1cc(C(=O)OC)cc(S(=O)(=O)[O-])c1. The lowest BCUT2D eigenvalue weighted by molar-refractivity contribution is 0.0598. The molecule has 23 heavy (non-hydrogen) atoms. The summed E-state index contributed by atoms with van der Waals surface area (Å²) in [6.45, 7) is 2.22. The highest BCUT2D eigenvalue weighted by Crippen LogP contribution is 2.16. The molecule has 9 heteroatoms. The number of esters is 2. The molecule has 0 saturated heterocycles. The molecule has 0 amide bonds. The van der Waals surface area contributed by atoms with Gasteiger partial charge in [-0.05, 0) is 33.9 Å². The summed E-state index contributed by atoms with van der Waals surface area (Å²) in [5.74, 6) is -1.74. The number of unbranched alkanes of at least 4 members (excludes halogenated alkanes) is 1. The molecule has 0 N–H and O–H groups in total. The minimum Gasteiger partial charge on any atom is -0.744 e. The van der Waals surface area contributed by atoms with E-state index in [0.717, 1.165) is 32.4 Å². The number of carbonyl (C=O) groups excluding carboxylic acids is 2. The van der Waals surface area contributed by atoms with Gasteiger partial charge in [-0.2, -0.15) is 0 Å². The van der Waals surface area contributed by atoms with Gasteiger partial charge in [-0.25, -0.2) is 18.0 Å². The molecule has 0 saturated carbocycles. The summed E-state index contributed by atoms with van der Waals surface area (Å²) in [5.41, 5.74) is -0.454. The van der Waals surface area contributed by atoms with Gasteiger partial charge in [0.1, 0.15) is 10.1 Å². The fourth-order valence-corrected chi connectivity index (χ4v) is 2.51. The first-order valence-corrected chi connectivity index (χ1v) is 9.18. The van der Waals surface area contributed by atoms with Crippen molar-refractivity contribution < 1.29 is 32.0 Å². The second kappa shape index (κ2) is 10.3. The molecule has 0 heterocycles. The van der Waals surface area contributed by atoms with Crippen molar-refractivity contribution >= 4 is 31.3 Å². The van der Waals surface area contributed by atoms with E-state index in [2.05, 4.69) is 16.4 Å². The number of hydrogen-bond donors (Lipinski definition) is 0. The third-order valence-electron chi connectivity index (χ3n) is 2.64. The lowest BCUT2D eigenvalue weighted by atomic mass is 10.1. The van der Waals surface area contributed by atoms with E-state index in [1.165, 1.54) is 19.0 Å². The second-order valence-electron chi connectivity index (χ2n) is 4.39. The summed E-state index contributed by atoms with van der Waals surface area (Å²) in [7, 11) is -0.584. The first kappa shape index (κ1) is 21.5. The molecular formula is C14H21O7PS. The van der Waals surface area contributed by atoms with Crippen LogP contribution >= 0.6 is 9.24 Å². The highest BCUT2D eigenvalue weighted by atomic mass is 32.2. The molecule has 1 atom stereocenters. The summed E-state index contributed by atoms with van der Waals surface area (Å²) in [5, 5.41) is 0. The summed E-state index contributed by atoms with van der Waals surface area (Å²) in [4.78, 5) is 21.9. The van der Waals surface area contributed by atoms with Crippen LogP contribution < -0.4 is 0 Å². The standard InChI is InChI=1S/C10H10O7S.C4H11P/c1-16-9(11)6-3-7(10(12)17-2)5-8(4-6)18(13,14)15;1-2-3-4-5/h3-5H,1-2H3,(H,13,14,15);2-5H2,1H3. The van der Waals surface area contributed by atoms with Gasteiger partial charge >= 0.3 is 11.9 Å². The second-order valence-corrected chi connectivity index (χ2v) is 6.48. The quantitative estimate of drug-likeness (QED) is 0.443. The van der Waals surface area contributed by atoms with Gasteiger partial charge in [0, 0.05) is 0 Å². The van der Waals surface area contributed by atoms with Gasteiger partial charge in [-0.1, -0.05) is 13.3 Å². The third-order valence-corrected chi connectivity index (χ3v) is 3.95. The lowest BCUT2D eigenvalue weighted by Crippen LogP contribution is -2.10. The summed E-state index contributed by atoms with van der Waals surface area (Å²) in [6, 6.07) is 2.74. The first-order chi connectivity index (χ1) is 10.7. The number of hydrogen-bond acceptors (Lipinski definition) is 7. The van der Waals surface area contributed by atoms with E-state index in [-0.39, 0.29) is 11.1 Å². The van der Waals surface area contributed by atoms with Crippen molar-refractivity contribution in [1.29, 1.82) is 0 Å². The van der Waals surface area contributed by atoms with Crippen molar-refractivity contribution in [1.82, 2.24) is 0 Å². The molecule has 0 spiro atoms. The molecular weight excluding hydrogens is 343 g/mol. The van der Waals surface area contributed by atoms with Gasteiger partial charge < -0.3 is 14.0 Å². The van der Waals surface area contributed by atoms with Gasteiger partial charge in [0.15, 0.2) is 0 Å². The fourth-order valence-electron chi connectivity index (χ4n) is 1.46. The average molecular weight is 364 g/mol. The topological polar surface area (TPSA) is 110 Å². The molecule has 0 bridgehead atoms. The minimum absolute atomic E-state index is 0.227. The van der Waals surface area contributed by atoms with Crippen LogP contribution in [0.4, 0.5) is 0 Å². The Hall–Kier alpha value is -1.50. The van der Waals surface area contributed by atoms with E-state index in [1.54, 1.807) is 0 Å². The average Bonchev–Trinajstić information content (AvgIpc) is 2.53. The zero-order chi connectivity index (χ0) is 18.0. The Balaban J connectivity index is 0.000000841. The molecule has 130 valence electrons. The molecule has 0 fully saturated rings. The number of methoxy groups -OCH3 is 2. The molecule has 0 radical (unpaired) electrons. The molecule has 0 aliphatic rings. The molecule has 0 aliphatic carbocycles. The number of ether oxygens (including phenoxy) is 2. The van der Waals surface area contributed by atoms with E-state index >= 15 is 0 Å².